The third-order valence-corrected chi connectivity index (χ3v) is 3.34. The molecule has 20 heavy (non-hydrogen) atoms. The third-order valence-electron chi connectivity index (χ3n) is 3.34. The number of nitrogens with zero attached hydrogens (tertiary/aromatic N) is 1. The maximum absolute atomic E-state index is 13.8. The summed E-state index contributed by atoms with van der Waals surface area (Å²) in [5, 5.41) is 10.4. The van der Waals surface area contributed by atoms with E-state index in [1.54, 1.807) is 24.5 Å². The van der Waals surface area contributed by atoms with Gasteiger partial charge in [-0.05, 0) is 30.2 Å². The Balaban J connectivity index is 2.39. The van der Waals surface area contributed by atoms with E-state index in [4.69, 9.17) is 5.73 Å². The normalized spacial score (nSPS) is 14.1. The summed E-state index contributed by atoms with van der Waals surface area (Å²) in [5.41, 5.74) is 6.71. The predicted octanol–water partition coefficient (Wildman–Crippen LogP) is 2.44. The van der Waals surface area contributed by atoms with Crippen LogP contribution < -0.4 is 5.73 Å². The quantitative estimate of drug-likeness (QED) is 0.903. The van der Waals surface area contributed by atoms with Gasteiger partial charge in [-0.1, -0.05) is 6.07 Å². The smallest absolute Gasteiger partial charge is 0.131 e. The lowest BCUT2D eigenvalue weighted by Crippen LogP contribution is -2.21. The Morgan fingerprint density at radius 1 is 1.30 bits per heavy atom. The van der Waals surface area contributed by atoms with Crippen molar-refractivity contribution in [3.63, 3.8) is 0 Å². The number of hydrogen-bond acceptors (Lipinski definition) is 3. The molecule has 1 aromatic heterocycles. The zero-order valence-corrected chi connectivity index (χ0v) is 11.1. The van der Waals surface area contributed by atoms with Crippen LogP contribution >= 0.6 is 0 Å². The zero-order valence-electron chi connectivity index (χ0n) is 11.1. The predicted molar refractivity (Wildman–Crippen MR) is 72.1 cm³/mol. The lowest BCUT2D eigenvalue weighted by Gasteiger charge is -2.22. The number of aliphatic hydroxyl groups excluding tert-OH is 1. The Kier molecular flexibility index (Phi) is 4.42. The molecule has 0 radical (unpaired) electrons. The fourth-order valence-electron chi connectivity index (χ4n) is 2.17. The molecule has 2 unspecified atom stereocenters. The highest BCUT2D eigenvalue weighted by atomic mass is 19.1. The number of rotatable bonds is 4. The standard InChI is InChI=1S/C15H16F2N2O/c1-9-5-11(14(17)6-13(9)16)15(20)12(7-18)10-3-2-4-19-8-10/h2-6,8,12,15,20H,7,18H2,1H3. The van der Waals surface area contributed by atoms with Crippen LogP contribution in [-0.2, 0) is 0 Å². The minimum absolute atomic E-state index is 0.0446. The highest BCUT2D eigenvalue weighted by molar-refractivity contribution is 5.30. The van der Waals surface area contributed by atoms with Gasteiger partial charge in [0.15, 0.2) is 0 Å². The van der Waals surface area contributed by atoms with Crippen molar-refractivity contribution in [2.45, 2.75) is 18.9 Å². The first kappa shape index (κ1) is 14.6. The Bertz CT molecular complexity index is 590. The highest BCUT2D eigenvalue weighted by Crippen LogP contribution is 2.32. The summed E-state index contributed by atoms with van der Waals surface area (Å²) in [4.78, 5) is 3.96. The molecule has 0 bridgehead atoms. The van der Waals surface area contributed by atoms with Crippen LogP contribution in [0.4, 0.5) is 8.78 Å². The average molecular weight is 278 g/mol. The van der Waals surface area contributed by atoms with Crippen molar-refractivity contribution >= 4 is 0 Å². The number of aromatic nitrogens is 1. The number of halogens is 2. The first-order valence-corrected chi connectivity index (χ1v) is 6.28. The molecule has 2 rings (SSSR count). The molecule has 3 N–H and O–H groups in total. The highest BCUT2D eigenvalue weighted by Gasteiger charge is 2.25. The van der Waals surface area contributed by atoms with Gasteiger partial charge < -0.3 is 10.8 Å². The van der Waals surface area contributed by atoms with Gasteiger partial charge in [0.05, 0.1) is 6.10 Å². The van der Waals surface area contributed by atoms with Crippen LogP contribution in [-0.4, -0.2) is 16.6 Å². The second-order valence-electron chi connectivity index (χ2n) is 4.70. The largest absolute Gasteiger partial charge is 0.388 e. The molecule has 0 fully saturated rings. The van der Waals surface area contributed by atoms with Gasteiger partial charge in [0.2, 0.25) is 0 Å². The first-order chi connectivity index (χ1) is 9.54. The second kappa shape index (κ2) is 6.07. The number of aryl methyl sites for hydroxylation is 1. The van der Waals surface area contributed by atoms with Gasteiger partial charge in [-0.2, -0.15) is 0 Å². The summed E-state index contributed by atoms with van der Waals surface area (Å²) in [5.74, 6) is -1.91. The average Bonchev–Trinajstić information content (AvgIpc) is 2.44. The SMILES string of the molecule is Cc1cc(C(O)C(CN)c2cccnc2)c(F)cc1F. The van der Waals surface area contributed by atoms with E-state index in [0.717, 1.165) is 6.07 Å². The van der Waals surface area contributed by atoms with Crippen molar-refractivity contribution in [3.05, 3.63) is 65.0 Å². The van der Waals surface area contributed by atoms with Crippen molar-refractivity contribution in [2.24, 2.45) is 5.73 Å². The lowest BCUT2D eigenvalue weighted by atomic mass is 9.89. The lowest BCUT2D eigenvalue weighted by molar-refractivity contribution is 0.142. The van der Waals surface area contributed by atoms with Gasteiger partial charge in [-0.15, -0.1) is 0 Å². The molecule has 0 aliphatic heterocycles. The summed E-state index contributed by atoms with van der Waals surface area (Å²) in [6.45, 7) is 1.65. The van der Waals surface area contributed by atoms with E-state index in [0.29, 0.717) is 5.56 Å². The molecule has 1 heterocycles. The summed E-state index contributed by atoms with van der Waals surface area (Å²) >= 11 is 0. The van der Waals surface area contributed by atoms with Crippen molar-refractivity contribution in [1.29, 1.82) is 0 Å². The fourth-order valence-corrected chi connectivity index (χ4v) is 2.17. The third kappa shape index (κ3) is 2.84. The molecule has 0 spiro atoms. The Hall–Kier alpha value is -1.85. The van der Waals surface area contributed by atoms with Crippen molar-refractivity contribution in [2.75, 3.05) is 6.54 Å². The van der Waals surface area contributed by atoms with Gasteiger partial charge in [0, 0.05) is 36.5 Å². The molecular formula is C15H16F2N2O. The maximum atomic E-state index is 13.8. The van der Waals surface area contributed by atoms with E-state index in [-0.39, 0.29) is 17.7 Å². The van der Waals surface area contributed by atoms with Crippen LogP contribution in [0.25, 0.3) is 0 Å². The summed E-state index contributed by atoms with van der Waals surface area (Å²) < 4.78 is 27.1. The maximum Gasteiger partial charge on any atom is 0.131 e. The minimum atomic E-state index is -1.15. The van der Waals surface area contributed by atoms with Gasteiger partial charge in [-0.3, -0.25) is 4.98 Å². The first-order valence-electron chi connectivity index (χ1n) is 6.28. The molecule has 0 saturated heterocycles. The molecule has 1 aromatic carbocycles. The fraction of sp³-hybridized carbons (Fsp3) is 0.267. The topological polar surface area (TPSA) is 59.1 Å². The molecular weight excluding hydrogens is 262 g/mol. The summed E-state index contributed by atoms with van der Waals surface area (Å²) in [7, 11) is 0. The minimum Gasteiger partial charge on any atom is -0.388 e. The number of hydrogen-bond donors (Lipinski definition) is 2. The van der Waals surface area contributed by atoms with E-state index in [9.17, 15) is 13.9 Å². The number of pyridine rings is 1. The van der Waals surface area contributed by atoms with Crippen LogP contribution in [0.5, 0.6) is 0 Å². The van der Waals surface area contributed by atoms with E-state index in [1.807, 2.05) is 0 Å². The van der Waals surface area contributed by atoms with Gasteiger partial charge in [0.25, 0.3) is 0 Å². The van der Waals surface area contributed by atoms with Crippen LogP contribution in [0, 0.1) is 18.6 Å². The number of aliphatic hydroxyl groups is 1. The Morgan fingerprint density at radius 3 is 2.65 bits per heavy atom. The molecule has 3 nitrogen and oxygen atoms in total. The molecule has 2 atom stereocenters. The molecule has 0 saturated carbocycles. The molecule has 0 amide bonds. The summed E-state index contributed by atoms with van der Waals surface area (Å²) in [6, 6.07) is 5.58. The van der Waals surface area contributed by atoms with Crippen LogP contribution in [0.1, 0.15) is 28.7 Å². The van der Waals surface area contributed by atoms with E-state index in [2.05, 4.69) is 4.98 Å². The van der Waals surface area contributed by atoms with Crippen molar-refractivity contribution in [3.8, 4) is 0 Å². The monoisotopic (exact) mass is 278 g/mol. The molecule has 106 valence electrons. The number of benzene rings is 1. The number of nitrogens with two attached hydrogens (primary N) is 1. The van der Waals surface area contributed by atoms with Gasteiger partial charge in [-0.25, -0.2) is 8.78 Å². The van der Waals surface area contributed by atoms with Crippen LogP contribution in [0.15, 0.2) is 36.7 Å². The summed E-state index contributed by atoms with van der Waals surface area (Å²) in [6.07, 6.45) is 2.03. The van der Waals surface area contributed by atoms with Crippen LogP contribution in [0.2, 0.25) is 0 Å². The van der Waals surface area contributed by atoms with Gasteiger partial charge in [0.1, 0.15) is 11.6 Å². The Morgan fingerprint density at radius 2 is 2.05 bits per heavy atom. The zero-order chi connectivity index (χ0) is 14.7. The molecule has 2 aromatic rings. The molecule has 0 aliphatic rings. The van der Waals surface area contributed by atoms with Crippen LogP contribution in [0.3, 0.4) is 0 Å². The van der Waals surface area contributed by atoms with E-state index >= 15 is 0 Å². The molecule has 0 aliphatic carbocycles. The van der Waals surface area contributed by atoms with Crippen molar-refractivity contribution < 1.29 is 13.9 Å². The molecule has 5 heteroatoms. The van der Waals surface area contributed by atoms with Gasteiger partial charge >= 0.3 is 0 Å². The van der Waals surface area contributed by atoms with E-state index in [1.165, 1.54) is 13.0 Å². The Labute approximate surface area is 116 Å². The van der Waals surface area contributed by atoms with Crippen molar-refractivity contribution in [1.82, 2.24) is 4.98 Å². The second-order valence-corrected chi connectivity index (χ2v) is 4.70. The van der Waals surface area contributed by atoms with E-state index < -0.39 is 23.7 Å².